The van der Waals surface area contributed by atoms with Gasteiger partial charge in [0.2, 0.25) is 0 Å². The van der Waals surface area contributed by atoms with Gasteiger partial charge >= 0.3 is 6.03 Å². The Hall–Kier alpha value is -2.89. The number of carbonyl (C=O) groups excluding carboxylic acids is 1. The first kappa shape index (κ1) is 18.9. The molecule has 0 saturated carbocycles. The minimum absolute atomic E-state index is 0.000583. The predicted octanol–water partition coefficient (Wildman–Crippen LogP) is 3.11. The van der Waals surface area contributed by atoms with Crippen LogP contribution in [0.5, 0.6) is 17.2 Å². The van der Waals surface area contributed by atoms with Gasteiger partial charge < -0.3 is 24.4 Å². The van der Waals surface area contributed by atoms with E-state index >= 15 is 0 Å². The summed E-state index contributed by atoms with van der Waals surface area (Å²) >= 11 is 0. The summed E-state index contributed by atoms with van der Waals surface area (Å²) in [6.45, 7) is 1.79. The molecule has 27 heavy (non-hydrogen) atoms. The normalized spacial score (nSPS) is 13.6. The van der Waals surface area contributed by atoms with Crippen molar-refractivity contribution >= 4 is 6.03 Å². The zero-order chi connectivity index (χ0) is 19.1. The van der Waals surface area contributed by atoms with Crippen LogP contribution in [-0.2, 0) is 6.42 Å². The summed E-state index contributed by atoms with van der Waals surface area (Å²) in [7, 11) is 3.29. The van der Waals surface area contributed by atoms with Crippen molar-refractivity contribution < 1.29 is 19.0 Å². The number of hydrogen-bond acceptors (Lipinski definition) is 4. The van der Waals surface area contributed by atoms with Crippen molar-refractivity contribution in [3.63, 3.8) is 0 Å². The van der Waals surface area contributed by atoms with Crippen molar-refractivity contribution in [3.05, 3.63) is 54.1 Å². The Balaban J connectivity index is 1.36. The van der Waals surface area contributed by atoms with Gasteiger partial charge in [0.15, 0.2) is 11.5 Å². The molecule has 144 valence electrons. The predicted molar refractivity (Wildman–Crippen MR) is 104 cm³/mol. The maximum atomic E-state index is 12.2. The first-order valence-corrected chi connectivity index (χ1v) is 9.15. The second-order valence-electron chi connectivity index (χ2n) is 6.44. The van der Waals surface area contributed by atoms with Gasteiger partial charge in [0, 0.05) is 6.54 Å². The lowest BCUT2D eigenvalue weighted by molar-refractivity contribution is 0.0427. The summed E-state index contributed by atoms with van der Waals surface area (Å²) in [5.74, 6) is 2.31. The molecule has 2 aromatic carbocycles. The van der Waals surface area contributed by atoms with Crippen LogP contribution in [-0.4, -0.2) is 50.9 Å². The molecule has 1 saturated heterocycles. The highest BCUT2D eigenvalue weighted by Crippen LogP contribution is 2.28. The Kier molecular flexibility index (Phi) is 6.41. The zero-order valence-electron chi connectivity index (χ0n) is 15.8. The molecule has 2 amide bonds. The average Bonchev–Trinajstić information content (AvgIpc) is 2.68. The van der Waals surface area contributed by atoms with Crippen molar-refractivity contribution in [2.45, 2.75) is 18.9 Å². The second kappa shape index (κ2) is 9.16. The van der Waals surface area contributed by atoms with E-state index in [0.29, 0.717) is 31.1 Å². The molecule has 1 aliphatic rings. The molecule has 0 atom stereocenters. The fourth-order valence-corrected chi connectivity index (χ4v) is 3.07. The van der Waals surface area contributed by atoms with Crippen LogP contribution in [0.15, 0.2) is 48.5 Å². The SMILES string of the molecule is COc1ccccc1CCCNC(=O)N1CC(Oc2ccccc2OC)C1. The fraction of sp³-hybridized carbons (Fsp3) is 0.381. The molecule has 3 rings (SSSR count). The van der Waals surface area contributed by atoms with Gasteiger partial charge in [-0.15, -0.1) is 0 Å². The maximum Gasteiger partial charge on any atom is 0.317 e. The molecule has 2 aromatic rings. The lowest BCUT2D eigenvalue weighted by atomic mass is 10.1. The Morgan fingerprint density at radius 2 is 1.63 bits per heavy atom. The third-order valence-electron chi connectivity index (χ3n) is 4.59. The first-order valence-electron chi connectivity index (χ1n) is 9.15. The topological polar surface area (TPSA) is 60.0 Å². The molecule has 0 radical (unpaired) electrons. The van der Waals surface area contributed by atoms with E-state index in [4.69, 9.17) is 14.2 Å². The van der Waals surface area contributed by atoms with Crippen LogP contribution in [0.1, 0.15) is 12.0 Å². The molecule has 0 unspecified atom stereocenters. The standard InChI is InChI=1S/C21H26N2O4/c1-25-18-10-4-3-8-16(18)9-7-13-22-21(24)23-14-17(15-23)27-20-12-6-5-11-19(20)26-2/h3-6,8,10-12,17H,7,9,13-15H2,1-2H3,(H,22,24). The van der Waals surface area contributed by atoms with Crippen LogP contribution in [0.2, 0.25) is 0 Å². The number of urea groups is 1. The molecule has 1 fully saturated rings. The molecule has 1 heterocycles. The minimum atomic E-state index is -0.0464. The van der Waals surface area contributed by atoms with E-state index in [9.17, 15) is 4.79 Å². The van der Waals surface area contributed by atoms with Gasteiger partial charge in [0.25, 0.3) is 0 Å². The van der Waals surface area contributed by atoms with Crippen LogP contribution in [0, 0.1) is 0 Å². The molecular formula is C21H26N2O4. The number of nitrogens with one attached hydrogen (secondary N) is 1. The molecule has 0 aliphatic carbocycles. The highest BCUT2D eigenvalue weighted by molar-refractivity contribution is 5.75. The van der Waals surface area contributed by atoms with Crippen molar-refractivity contribution in [2.75, 3.05) is 33.9 Å². The number of hydrogen-bond donors (Lipinski definition) is 1. The lowest BCUT2D eigenvalue weighted by Crippen LogP contribution is -2.59. The van der Waals surface area contributed by atoms with E-state index in [-0.39, 0.29) is 12.1 Å². The molecule has 6 heteroatoms. The third kappa shape index (κ3) is 4.84. The van der Waals surface area contributed by atoms with Gasteiger partial charge in [-0.3, -0.25) is 0 Å². The van der Waals surface area contributed by atoms with Gasteiger partial charge in [-0.1, -0.05) is 30.3 Å². The van der Waals surface area contributed by atoms with E-state index in [1.165, 1.54) is 0 Å². The van der Waals surface area contributed by atoms with Gasteiger partial charge in [0.1, 0.15) is 11.9 Å². The second-order valence-corrected chi connectivity index (χ2v) is 6.44. The van der Waals surface area contributed by atoms with Gasteiger partial charge in [0.05, 0.1) is 27.3 Å². The number of nitrogens with zero attached hydrogens (tertiary/aromatic N) is 1. The van der Waals surface area contributed by atoms with Crippen molar-refractivity contribution in [2.24, 2.45) is 0 Å². The number of para-hydroxylation sites is 3. The molecular weight excluding hydrogens is 344 g/mol. The Bertz CT molecular complexity index is 759. The summed E-state index contributed by atoms with van der Waals surface area (Å²) in [4.78, 5) is 13.9. The highest BCUT2D eigenvalue weighted by Gasteiger charge is 2.32. The highest BCUT2D eigenvalue weighted by atomic mass is 16.5. The van der Waals surface area contributed by atoms with Crippen LogP contribution in [0.25, 0.3) is 0 Å². The number of methoxy groups -OCH3 is 2. The van der Waals surface area contributed by atoms with Crippen LogP contribution in [0.3, 0.4) is 0 Å². The largest absolute Gasteiger partial charge is 0.496 e. The number of amides is 2. The Labute approximate surface area is 160 Å². The smallest absolute Gasteiger partial charge is 0.317 e. The number of aryl methyl sites for hydroxylation is 1. The van der Waals surface area contributed by atoms with Crippen molar-refractivity contribution in [1.29, 1.82) is 0 Å². The molecule has 1 N–H and O–H groups in total. The van der Waals surface area contributed by atoms with E-state index in [1.807, 2.05) is 42.5 Å². The van der Waals surface area contributed by atoms with E-state index in [0.717, 1.165) is 24.2 Å². The van der Waals surface area contributed by atoms with Crippen molar-refractivity contribution in [3.8, 4) is 17.2 Å². The van der Waals surface area contributed by atoms with Gasteiger partial charge in [-0.2, -0.15) is 0 Å². The Morgan fingerprint density at radius 3 is 2.33 bits per heavy atom. The Morgan fingerprint density at radius 1 is 1.00 bits per heavy atom. The molecule has 1 aliphatic heterocycles. The lowest BCUT2D eigenvalue weighted by Gasteiger charge is -2.39. The molecule has 0 aromatic heterocycles. The summed E-state index contributed by atoms with van der Waals surface area (Å²) < 4.78 is 16.5. The fourth-order valence-electron chi connectivity index (χ4n) is 3.07. The monoisotopic (exact) mass is 370 g/mol. The van der Waals surface area contributed by atoms with Gasteiger partial charge in [-0.25, -0.2) is 4.79 Å². The maximum absolute atomic E-state index is 12.2. The first-order chi connectivity index (χ1) is 13.2. The van der Waals surface area contributed by atoms with E-state index < -0.39 is 0 Å². The quantitative estimate of drug-likeness (QED) is 0.726. The summed E-state index contributed by atoms with van der Waals surface area (Å²) in [6.07, 6.45) is 1.73. The molecule has 0 bridgehead atoms. The molecule has 6 nitrogen and oxygen atoms in total. The number of benzene rings is 2. The van der Waals surface area contributed by atoms with Crippen LogP contribution in [0.4, 0.5) is 4.79 Å². The van der Waals surface area contributed by atoms with Crippen LogP contribution >= 0.6 is 0 Å². The molecule has 0 spiro atoms. The van der Waals surface area contributed by atoms with Crippen LogP contribution < -0.4 is 19.5 Å². The number of carbonyl (C=O) groups is 1. The summed E-state index contributed by atoms with van der Waals surface area (Å²) in [5.41, 5.74) is 1.16. The van der Waals surface area contributed by atoms with E-state index in [2.05, 4.69) is 11.4 Å². The summed E-state index contributed by atoms with van der Waals surface area (Å²) in [5, 5.41) is 2.97. The number of likely N-dealkylation sites (tertiary alicyclic amines) is 1. The van der Waals surface area contributed by atoms with Gasteiger partial charge in [-0.05, 0) is 36.6 Å². The number of rotatable bonds is 8. The zero-order valence-corrected chi connectivity index (χ0v) is 15.8. The third-order valence-corrected chi connectivity index (χ3v) is 4.59. The number of ether oxygens (including phenoxy) is 3. The van der Waals surface area contributed by atoms with E-state index in [1.54, 1.807) is 19.1 Å². The summed E-state index contributed by atoms with van der Waals surface area (Å²) in [6, 6.07) is 15.5. The average molecular weight is 370 g/mol. The minimum Gasteiger partial charge on any atom is -0.496 e. The van der Waals surface area contributed by atoms with Crippen molar-refractivity contribution in [1.82, 2.24) is 10.2 Å².